The van der Waals surface area contributed by atoms with Crippen LogP contribution in [0.5, 0.6) is 0 Å². The van der Waals surface area contributed by atoms with E-state index in [4.69, 9.17) is 5.26 Å². The van der Waals surface area contributed by atoms with E-state index in [1.807, 2.05) is 19.1 Å². The molecular formula is C12H13N. The van der Waals surface area contributed by atoms with Crippen LogP contribution in [-0.2, 0) is 0 Å². The summed E-state index contributed by atoms with van der Waals surface area (Å²) in [6.07, 6.45) is 0.407. The Labute approximate surface area is 79.3 Å². The fourth-order valence-corrected chi connectivity index (χ4v) is 1.40. The first-order valence-corrected chi connectivity index (χ1v) is 4.27. The molecule has 0 saturated heterocycles. The molecule has 1 aromatic carbocycles. The van der Waals surface area contributed by atoms with E-state index in [0.717, 1.165) is 11.1 Å². The summed E-state index contributed by atoms with van der Waals surface area (Å²) in [5.74, 6) is 0. The topological polar surface area (TPSA) is 23.8 Å². The molecule has 0 fully saturated rings. The maximum Gasteiger partial charge on any atom is 0.0669 e. The largest absolute Gasteiger partial charge is 0.198 e. The number of allylic oxidation sites excluding steroid dienone is 1. The van der Waals surface area contributed by atoms with Crippen LogP contribution in [0.2, 0.25) is 0 Å². The van der Waals surface area contributed by atoms with Gasteiger partial charge in [0.1, 0.15) is 0 Å². The molecule has 1 heteroatoms. The monoisotopic (exact) mass is 171 g/mol. The molecule has 0 saturated carbocycles. The number of nitriles is 1. The van der Waals surface area contributed by atoms with Gasteiger partial charge >= 0.3 is 0 Å². The first kappa shape index (κ1) is 9.54. The molecule has 1 nitrogen and oxygen atoms in total. The van der Waals surface area contributed by atoms with Gasteiger partial charge in [0.25, 0.3) is 0 Å². The number of benzene rings is 1. The van der Waals surface area contributed by atoms with Crippen molar-refractivity contribution in [2.75, 3.05) is 0 Å². The first-order chi connectivity index (χ1) is 6.15. The van der Waals surface area contributed by atoms with Crippen LogP contribution in [0.15, 0.2) is 24.8 Å². The summed E-state index contributed by atoms with van der Waals surface area (Å²) in [4.78, 5) is 0. The van der Waals surface area contributed by atoms with Crippen LogP contribution < -0.4 is 0 Å². The van der Waals surface area contributed by atoms with Gasteiger partial charge in [-0.2, -0.15) is 5.26 Å². The number of rotatable bonds is 2. The zero-order valence-electron chi connectivity index (χ0n) is 8.09. The molecule has 1 aromatic rings. The summed E-state index contributed by atoms with van der Waals surface area (Å²) >= 11 is 0. The minimum atomic E-state index is 0.407. The Kier molecular flexibility index (Phi) is 2.87. The van der Waals surface area contributed by atoms with Gasteiger partial charge in [0.05, 0.1) is 12.5 Å². The second-order valence-corrected chi connectivity index (χ2v) is 3.26. The fourth-order valence-electron chi connectivity index (χ4n) is 1.40. The predicted octanol–water partition coefficient (Wildman–Crippen LogP) is 3.23. The molecule has 0 amide bonds. The lowest BCUT2D eigenvalue weighted by molar-refractivity contribution is 1.31. The maximum atomic E-state index is 8.53. The molecule has 0 bridgehead atoms. The third-order valence-electron chi connectivity index (χ3n) is 2.06. The van der Waals surface area contributed by atoms with E-state index in [0.29, 0.717) is 6.42 Å². The van der Waals surface area contributed by atoms with E-state index in [-0.39, 0.29) is 0 Å². The van der Waals surface area contributed by atoms with Crippen LogP contribution in [0, 0.1) is 25.2 Å². The van der Waals surface area contributed by atoms with Gasteiger partial charge < -0.3 is 0 Å². The van der Waals surface area contributed by atoms with E-state index >= 15 is 0 Å². The predicted molar refractivity (Wildman–Crippen MR) is 55.2 cm³/mol. The van der Waals surface area contributed by atoms with Crippen LogP contribution in [0.3, 0.4) is 0 Å². The van der Waals surface area contributed by atoms with Crippen molar-refractivity contribution in [3.63, 3.8) is 0 Å². The van der Waals surface area contributed by atoms with E-state index < -0.39 is 0 Å². The summed E-state index contributed by atoms with van der Waals surface area (Å²) in [5, 5.41) is 8.53. The summed E-state index contributed by atoms with van der Waals surface area (Å²) in [6, 6.07) is 8.30. The summed E-state index contributed by atoms with van der Waals surface area (Å²) < 4.78 is 0. The molecule has 0 N–H and O–H groups in total. The summed E-state index contributed by atoms with van der Waals surface area (Å²) in [5.41, 5.74) is 4.44. The van der Waals surface area contributed by atoms with Crippen molar-refractivity contribution in [1.29, 1.82) is 5.26 Å². The highest BCUT2D eigenvalue weighted by Crippen LogP contribution is 2.20. The fraction of sp³-hybridized carbons (Fsp3) is 0.250. The van der Waals surface area contributed by atoms with Gasteiger partial charge in [-0.25, -0.2) is 0 Å². The van der Waals surface area contributed by atoms with Crippen molar-refractivity contribution < 1.29 is 0 Å². The average Bonchev–Trinajstić information content (AvgIpc) is 2.04. The minimum Gasteiger partial charge on any atom is -0.198 e. The molecule has 0 atom stereocenters. The highest BCUT2D eigenvalue weighted by Gasteiger charge is 2.01. The standard InChI is InChI=1S/C12H13N/c1-9-4-5-12(11(3)8-9)10(2)6-7-13/h4-5,8H,2,6H2,1,3H3. The highest BCUT2D eigenvalue weighted by atomic mass is 14.2. The lowest BCUT2D eigenvalue weighted by Crippen LogP contribution is -1.87. The zero-order valence-corrected chi connectivity index (χ0v) is 8.09. The molecule has 0 spiro atoms. The van der Waals surface area contributed by atoms with Gasteiger partial charge in [0.2, 0.25) is 0 Å². The number of hydrogen-bond acceptors (Lipinski definition) is 1. The van der Waals surface area contributed by atoms with Crippen LogP contribution in [0.25, 0.3) is 5.57 Å². The molecule has 0 aliphatic rings. The summed E-state index contributed by atoms with van der Waals surface area (Å²) in [6.45, 7) is 7.99. The first-order valence-electron chi connectivity index (χ1n) is 4.27. The molecule has 0 aromatic heterocycles. The van der Waals surface area contributed by atoms with Gasteiger partial charge in [-0.3, -0.25) is 0 Å². The Morgan fingerprint density at radius 1 is 1.46 bits per heavy atom. The third kappa shape index (κ3) is 2.19. The van der Waals surface area contributed by atoms with Crippen LogP contribution >= 0.6 is 0 Å². The van der Waals surface area contributed by atoms with Crippen molar-refractivity contribution in [1.82, 2.24) is 0 Å². The second kappa shape index (κ2) is 3.91. The van der Waals surface area contributed by atoms with Crippen molar-refractivity contribution in [3.05, 3.63) is 41.5 Å². The van der Waals surface area contributed by atoms with Crippen LogP contribution in [0.1, 0.15) is 23.1 Å². The molecule has 13 heavy (non-hydrogen) atoms. The van der Waals surface area contributed by atoms with E-state index in [1.165, 1.54) is 11.1 Å². The van der Waals surface area contributed by atoms with E-state index in [2.05, 4.69) is 25.6 Å². The highest BCUT2D eigenvalue weighted by molar-refractivity contribution is 5.67. The third-order valence-corrected chi connectivity index (χ3v) is 2.06. The molecular weight excluding hydrogens is 158 g/mol. The second-order valence-electron chi connectivity index (χ2n) is 3.26. The Balaban J connectivity index is 3.03. The number of nitrogens with zero attached hydrogens (tertiary/aromatic N) is 1. The van der Waals surface area contributed by atoms with Gasteiger partial charge in [-0.05, 0) is 30.5 Å². The van der Waals surface area contributed by atoms with Gasteiger partial charge in [-0.15, -0.1) is 0 Å². The van der Waals surface area contributed by atoms with E-state index in [1.54, 1.807) is 0 Å². The average molecular weight is 171 g/mol. The number of aryl methyl sites for hydroxylation is 2. The summed E-state index contributed by atoms with van der Waals surface area (Å²) in [7, 11) is 0. The van der Waals surface area contributed by atoms with Crippen LogP contribution in [0.4, 0.5) is 0 Å². The number of hydrogen-bond donors (Lipinski definition) is 0. The Morgan fingerprint density at radius 2 is 2.15 bits per heavy atom. The lowest BCUT2D eigenvalue weighted by atomic mass is 9.98. The molecule has 66 valence electrons. The molecule has 0 radical (unpaired) electrons. The molecule has 0 heterocycles. The Bertz CT molecular complexity index is 369. The van der Waals surface area contributed by atoms with Gasteiger partial charge in [0.15, 0.2) is 0 Å². The van der Waals surface area contributed by atoms with Crippen molar-refractivity contribution in [2.24, 2.45) is 0 Å². The molecule has 0 unspecified atom stereocenters. The minimum absolute atomic E-state index is 0.407. The van der Waals surface area contributed by atoms with Gasteiger partial charge in [-0.1, -0.05) is 30.3 Å². The normalized spacial score (nSPS) is 9.31. The van der Waals surface area contributed by atoms with Crippen molar-refractivity contribution in [3.8, 4) is 6.07 Å². The molecule has 0 aliphatic carbocycles. The van der Waals surface area contributed by atoms with Crippen LogP contribution in [-0.4, -0.2) is 0 Å². The molecule has 1 rings (SSSR count). The SMILES string of the molecule is C=C(CC#N)c1ccc(C)cc1C. The van der Waals surface area contributed by atoms with E-state index in [9.17, 15) is 0 Å². The quantitative estimate of drug-likeness (QED) is 0.670. The molecule has 0 aliphatic heterocycles. The lowest BCUT2D eigenvalue weighted by Gasteiger charge is -2.06. The Morgan fingerprint density at radius 3 is 2.69 bits per heavy atom. The Hall–Kier alpha value is -1.55. The smallest absolute Gasteiger partial charge is 0.0669 e. The van der Waals surface area contributed by atoms with Crippen molar-refractivity contribution >= 4 is 5.57 Å². The van der Waals surface area contributed by atoms with Crippen molar-refractivity contribution in [2.45, 2.75) is 20.3 Å². The van der Waals surface area contributed by atoms with Gasteiger partial charge in [0, 0.05) is 0 Å². The maximum absolute atomic E-state index is 8.53. The zero-order chi connectivity index (χ0) is 9.84.